The molecule has 31 heavy (non-hydrogen) atoms. The fourth-order valence-corrected chi connectivity index (χ4v) is 3.77. The topological polar surface area (TPSA) is 161 Å². The molecule has 166 valence electrons. The highest BCUT2D eigenvalue weighted by molar-refractivity contribution is 5.99. The summed E-state index contributed by atoms with van der Waals surface area (Å²) in [5.74, 6) is -0.0401. The highest BCUT2D eigenvalue weighted by Gasteiger charge is 2.34. The molecule has 3 heterocycles. The van der Waals surface area contributed by atoms with Crippen LogP contribution in [-0.4, -0.2) is 61.0 Å². The predicted octanol–water partition coefficient (Wildman–Crippen LogP) is 0.879. The van der Waals surface area contributed by atoms with Gasteiger partial charge in [-0.3, -0.25) is 14.8 Å². The Labute approximate surface area is 181 Å². The molecule has 4 rings (SSSR count). The van der Waals surface area contributed by atoms with Crippen LogP contribution in [0.15, 0.2) is 73.2 Å². The molecule has 1 amide bonds. The Morgan fingerprint density at radius 3 is 2.19 bits per heavy atom. The molecule has 8 heteroatoms. The number of hydrogen-bond acceptors (Lipinski definition) is 4. The zero-order chi connectivity index (χ0) is 19.4. The minimum Gasteiger partial charge on any atom is -0.412 e. The first-order valence-electron chi connectivity index (χ1n) is 9.56. The Hall–Kier alpha value is -3.17. The SMILES string of the molecule is O.O.O.O=C(c1cccnc1-c1ccncc1)N1CCC(O)(Cc2ccccc2)CC1. The van der Waals surface area contributed by atoms with Gasteiger partial charge < -0.3 is 26.4 Å². The zero-order valence-corrected chi connectivity index (χ0v) is 17.2. The van der Waals surface area contributed by atoms with Gasteiger partial charge in [-0.25, -0.2) is 0 Å². The third-order valence-corrected chi connectivity index (χ3v) is 5.35. The fourth-order valence-electron chi connectivity index (χ4n) is 3.77. The second-order valence-corrected chi connectivity index (χ2v) is 7.31. The molecule has 0 unspecified atom stereocenters. The van der Waals surface area contributed by atoms with Crippen molar-refractivity contribution in [2.24, 2.45) is 0 Å². The van der Waals surface area contributed by atoms with Crippen molar-refractivity contribution in [1.82, 2.24) is 14.9 Å². The van der Waals surface area contributed by atoms with E-state index in [4.69, 9.17) is 0 Å². The zero-order valence-electron chi connectivity index (χ0n) is 17.2. The maximum absolute atomic E-state index is 13.2. The van der Waals surface area contributed by atoms with Crippen LogP contribution < -0.4 is 0 Å². The lowest BCUT2D eigenvalue weighted by atomic mass is 9.85. The Balaban J connectivity index is 0.00000160. The van der Waals surface area contributed by atoms with Crippen molar-refractivity contribution in [3.8, 4) is 11.3 Å². The van der Waals surface area contributed by atoms with E-state index in [-0.39, 0.29) is 22.3 Å². The molecule has 2 aromatic heterocycles. The number of nitrogens with zero attached hydrogens (tertiary/aromatic N) is 3. The van der Waals surface area contributed by atoms with Gasteiger partial charge in [0, 0.05) is 43.7 Å². The van der Waals surface area contributed by atoms with Gasteiger partial charge >= 0.3 is 0 Å². The molecule has 0 spiro atoms. The van der Waals surface area contributed by atoms with Gasteiger partial charge in [-0.15, -0.1) is 0 Å². The summed E-state index contributed by atoms with van der Waals surface area (Å²) in [7, 11) is 0. The molecule has 0 bridgehead atoms. The van der Waals surface area contributed by atoms with Gasteiger partial charge in [0.1, 0.15) is 0 Å². The van der Waals surface area contributed by atoms with Gasteiger partial charge in [-0.2, -0.15) is 0 Å². The molecule has 0 atom stereocenters. The minimum absolute atomic E-state index is 0. The van der Waals surface area contributed by atoms with Gasteiger partial charge in [-0.05, 0) is 42.7 Å². The fraction of sp³-hybridized carbons (Fsp3) is 0.261. The standard InChI is InChI=1S/C23H23N3O2.3H2O/c27-22(20-7-4-12-25-21(20)19-8-13-24-14-9-19)26-15-10-23(28,11-16-26)17-18-5-2-1-3-6-18;;;/h1-9,12-14,28H,10-11,15-17H2;3*1H2. The normalized spacial score (nSPS) is 14.4. The molecular weight excluding hydrogens is 398 g/mol. The molecule has 0 saturated carbocycles. The van der Waals surface area contributed by atoms with Crippen LogP contribution in [0.5, 0.6) is 0 Å². The lowest BCUT2D eigenvalue weighted by molar-refractivity contribution is -0.0162. The van der Waals surface area contributed by atoms with Crippen molar-refractivity contribution in [1.29, 1.82) is 0 Å². The van der Waals surface area contributed by atoms with Crippen LogP contribution in [0, 0.1) is 0 Å². The first kappa shape index (κ1) is 25.9. The van der Waals surface area contributed by atoms with Gasteiger partial charge in [-0.1, -0.05) is 30.3 Å². The summed E-state index contributed by atoms with van der Waals surface area (Å²) in [6.07, 6.45) is 6.84. The van der Waals surface area contributed by atoms with Gasteiger partial charge in [0.05, 0.1) is 16.9 Å². The summed E-state index contributed by atoms with van der Waals surface area (Å²) in [6, 6.07) is 17.3. The van der Waals surface area contributed by atoms with Crippen LogP contribution in [0.1, 0.15) is 28.8 Å². The highest BCUT2D eigenvalue weighted by Crippen LogP contribution is 2.29. The summed E-state index contributed by atoms with van der Waals surface area (Å²) in [6.45, 7) is 1.07. The smallest absolute Gasteiger partial charge is 0.256 e. The molecule has 3 aromatic rings. The maximum atomic E-state index is 13.2. The first-order chi connectivity index (χ1) is 13.6. The second-order valence-electron chi connectivity index (χ2n) is 7.31. The summed E-state index contributed by atoms with van der Waals surface area (Å²) >= 11 is 0. The third-order valence-electron chi connectivity index (χ3n) is 5.35. The number of aromatic nitrogens is 2. The van der Waals surface area contributed by atoms with E-state index in [0.717, 1.165) is 11.1 Å². The second kappa shape index (κ2) is 11.3. The van der Waals surface area contributed by atoms with Crippen molar-refractivity contribution in [3.63, 3.8) is 0 Å². The van der Waals surface area contributed by atoms with Crippen LogP contribution >= 0.6 is 0 Å². The Morgan fingerprint density at radius 2 is 1.55 bits per heavy atom. The van der Waals surface area contributed by atoms with Crippen LogP contribution in [0.4, 0.5) is 0 Å². The number of hydrogen-bond donors (Lipinski definition) is 1. The van der Waals surface area contributed by atoms with E-state index in [0.29, 0.717) is 43.6 Å². The summed E-state index contributed by atoms with van der Waals surface area (Å²) in [5.41, 5.74) is 2.48. The van der Waals surface area contributed by atoms with Crippen LogP contribution in [0.3, 0.4) is 0 Å². The van der Waals surface area contributed by atoms with Crippen molar-refractivity contribution in [2.75, 3.05) is 13.1 Å². The average Bonchev–Trinajstić information content (AvgIpc) is 2.75. The minimum atomic E-state index is -0.763. The summed E-state index contributed by atoms with van der Waals surface area (Å²) in [5, 5.41) is 11.0. The molecule has 0 radical (unpaired) electrons. The Kier molecular flexibility index (Phi) is 9.41. The lowest BCUT2D eigenvalue weighted by Crippen LogP contribution is -2.47. The van der Waals surface area contributed by atoms with Crippen molar-refractivity contribution in [2.45, 2.75) is 24.9 Å². The number of rotatable bonds is 4. The number of piperidine rings is 1. The van der Waals surface area contributed by atoms with Crippen LogP contribution in [0.25, 0.3) is 11.3 Å². The van der Waals surface area contributed by atoms with Crippen molar-refractivity contribution < 1.29 is 26.3 Å². The van der Waals surface area contributed by atoms with Crippen LogP contribution in [-0.2, 0) is 6.42 Å². The molecule has 1 saturated heterocycles. The molecule has 8 nitrogen and oxygen atoms in total. The number of benzene rings is 1. The molecular formula is C23H29N3O5. The number of likely N-dealkylation sites (tertiary alicyclic amines) is 1. The number of carbonyl (C=O) groups excluding carboxylic acids is 1. The molecule has 1 aliphatic heterocycles. The predicted molar refractivity (Wildman–Crippen MR) is 119 cm³/mol. The van der Waals surface area contributed by atoms with E-state index in [9.17, 15) is 9.90 Å². The number of amides is 1. The van der Waals surface area contributed by atoms with Gasteiger partial charge in [0.15, 0.2) is 0 Å². The Morgan fingerprint density at radius 1 is 0.903 bits per heavy atom. The largest absolute Gasteiger partial charge is 0.412 e. The first-order valence-corrected chi connectivity index (χ1v) is 9.56. The molecule has 0 aliphatic carbocycles. The molecule has 1 aliphatic rings. The number of aliphatic hydroxyl groups is 1. The molecule has 1 fully saturated rings. The van der Waals surface area contributed by atoms with Crippen LogP contribution in [0.2, 0.25) is 0 Å². The molecule has 1 aromatic carbocycles. The highest BCUT2D eigenvalue weighted by atomic mass is 16.3. The number of carbonyl (C=O) groups is 1. The lowest BCUT2D eigenvalue weighted by Gasteiger charge is -2.38. The van der Waals surface area contributed by atoms with E-state index in [1.807, 2.05) is 53.4 Å². The average molecular weight is 428 g/mol. The van der Waals surface area contributed by atoms with Gasteiger partial charge in [0.25, 0.3) is 5.91 Å². The van der Waals surface area contributed by atoms with Gasteiger partial charge in [0.2, 0.25) is 0 Å². The van der Waals surface area contributed by atoms with E-state index in [2.05, 4.69) is 9.97 Å². The maximum Gasteiger partial charge on any atom is 0.256 e. The Bertz CT molecular complexity index is 946. The van der Waals surface area contributed by atoms with E-state index in [1.54, 1.807) is 24.7 Å². The third kappa shape index (κ3) is 5.93. The number of pyridine rings is 2. The molecule has 7 N–H and O–H groups in total. The monoisotopic (exact) mass is 427 g/mol. The van der Waals surface area contributed by atoms with E-state index >= 15 is 0 Å². The van der Waals surface area contributed by atoms with Crippen molar-refractivity contribution in [3.05, 3.63) is 84.3 Å². The van der Waals surface area contributed by atoms with E-state index < -0.39 is 5.60 Å². The quantitative estimate of drug-likeness (QED) is 0.654. The summed E-state index contributed by atoms with van der Waals surface area (Å²) in [4.78, 5) is 23.4. The van der Waals surface area contributed by atoms with E-state index in [1.165, 1.54) is 0 Å². The van der Waals surface area contributed by atoms with Crippen molar-refractivity contribution >= 4 is 5.91 Å². The summed E-state index contributed by atoms with van der Waals surface area (Å²) < 4.78 is 0.